The first-order valence-corrected chi connectivity index (χ1v) is 9.41. The van der Waals surface area contributed by atoms with E-state index in [-0.39, 0.29) is 5.91 Å². The van der Waals surface area contributed by atoms with Crippen LogP contribution in [0, 0.1) is 0 Å². The lowest BCUT2D eigenvalue weighted by molar-refractivity contribution is -0.124. The number of benzene rings is 1. The summed E-state index contributed by atoms with van der Waals surface area (Å²) in [6.45, 7) is 2.61. The van der Waals surface area contributed by atoms with Crippen LogP contribution >= 0.6 is 24.0 Å². The molecule has 3 rings (SSSR count). The van der Waals surface area contributed by atoms with Crippen LogP contribution in [0.15, 0.2) is 29.2 Å². The van der Waals surface area contributed by atoms with Crippen molar-refractivity contribution in [2.75, 3.05) is 6.61 Å². The van der Waals surface area contributed by atoms with Crippen LogP contribution in [0.4, 0.5) is 0 Å². The fourth-order valence-corrected chi connectivity index (χ4v) is 4.51. The van der Waals surface area contributed by atoms with Crippen molar-refractivity contribution < 1.29 is 9.53 Å². The molecule has 1 amide bonds. The average molecular weight is 348 g/mol. The number of rotatable bonds is 4. The Kier molecular flexibility index (Phi) is 5.38. The SMILES string of the molecule is CCOc1ccc(/C=C2\SC(=S)N(C3CCCCC3)C2=O)cc1. The molecule has 0 spiro atoms. The second kappa shape index (κ2) is 7.49. The highest BCUT2D eigenvalue weighted by Crippen LogP contribution is 2.37. The van der Waals surface area contributed by atoms with Crippen LogP contribution in [0.25, 0.3) is 6.08 Å². The lowest BCUT2D eigenvalue weighted by atomic mass is 9.94. The van der Waals surface area contributed by atoms with Gasteiger partial charge in [0.1, 0.15) is 10.1 Å². The molecule has 5 heteroatoms. The van der Waals surface area contributed by atoms with Gasteiger partial charge in [0.25, 0.3) is 5.91 Å². The first kappa shape index (κ1) is 16.5. The number of ether oxygens (including phenoxy) is 1. The van der Waals surface area contributed by atoms with Crippen molar-refractivity contribution in [3.05, 3.63) is 34.7 Å². The number of carbonyl (C=O) groups excluding carboxylic acids is 1. The van der Waals surface area contributed by atoms with E-state index in [0.29, 0.717) is 17.0 Å². The molecule has 3 nitrogen and oxygen atoms in total. The smallest absolute Gasteiger partial charge is 0.266 e. The largest absolute Gasteiger partial charge is 0.494 e. The van der Waals surface area contributed by atoms with Gasteiger partial charge in [-0.2, -0.15) is 0 Å². The third kappa shape index (κ3) is 3.78. The van der Waals surface area contributed by atoms with E-state index in [1.54, 1.807) is 0 Å². The van der Waals surface area contributed by atoms with Gasteiger partial charge in [0.2, 0.25) is 0 Å². The minimum absolute atomic E-state index is 0.0702. The number of carbonyl (C=O) groups is 1. The van der Waals surface area contributed by atoms with Crippen molar-refractivity contribution in [2.24, 2.45) is 0 Å². The zero-order valence-electron chi connectivity index (χ0n) is 13.3. The van der Waals surface area contributed by atoms with Crippen LogP contribution in [0.3, 0.4) is 0 Å². The van der Waals surface area contributed by atoms with Gasteiger partial charge in [-0.15, -0.1) is 0 Å². The predicted molar refractivity (Wildman–Crippen MR) is 99.5 cm³/mol. The summed E-state index contributed by atoms with van der Waals surface area (Å²) >= 11 is 6.88. The lowest BCUT2D eigenvalue weighted by Gasteiger charge is -2.29. The highest BCUT2D eigenvalue weighted by molar-refractivity contribution is 8.26. The molecule has 1 saturated heterocycles. The molecule has 0 unspecified atom stereocenters. The summed E-state index contributed by atoms with van der Waals surface area (Å²) in [5, 5.41) is 0. The van der Waals surface area contributed by atoms with Crippen LogP contribution in [-0.2, 0) is 4.79 Å². The van der Waals surface area contributed by atoms with Crippen LogP contribution < -0.4 is 4.74 Å². The topological polar surface area (TPSA) is 29.5 Å². The van der Waals surface area contributed by atoms with Gasteiger partial charge >= 0.3 is 0 Å². The molecule has 2 fully saturated rings. The van der Waals surface area contributed by atoms with Gasteiger partial charge in [0, 0.05) is 6.04 Å². The Morgan fingerprint density at radius 1 is 1.26 bits per heavy atom. The summed E-state index contributed by atoms with van der Waals surface area (Å²) in [7, 11) is 0. The molecule has 1 aliphatic heterocycles. The first-order valence-electron chi connectivity index (χ1n) is 8.19. The normalized spacial score (nSPS) is 21.3. The van der Waals surface area contributed by atoms with Gasteiger partial charge in [-0.25, -0.2) is 0 Å². The van der Waals surface area contributed by atoms with E-state index in [4.69, 9.17) is 17.0 Å². The van der Waals surface area contributed by atoms with Crippen molar-refractivity contribution in [3.8, 4) is 5.75 Å². The van der Waals surface area contributed by atoms with E-state index >= 15 is 0 Å². The monoisotopic (exact) mass is 347 g/mol. The maximum absolute atomic E-state index is 12.7. The summed E-state index contributed by atoms with van der Waals surface area (Å²) in [6, 6.07) is 8.09. The molecule has 122 valence electrons. The fraction of sp³-hybridized carbons (Fsp3) is 0.444. The fourth-order valence-electron chi connectivity index (χ4n) is 3.11. The van der Waals surface area contributed by atoms with Crippen molar-refractivity contribution in [1.82, 2.24) is 4.90 Å². The van der Waals surface area contributed by atoms with Crippen LogP contribution in [-0.4, -0.2) is 27.8 Å². The van der Waals surface area contributed by atoms with Crippen molar-refractivity contribution in [2.45, 2.75) is 45.1 Å². The molecule has 0 radical (unpaired) electrons. The van der Waals surface area contributed by atoms with Gasteiger partial charge in [0.15, 0.2) is 0 Å². The number of hydrogen-bond donors (Lipinski definition) is 0. The van der Waals surface area contributed by atoms with E-state index < -0.39 is 0 Å². The Hall–Kier alpha value is -1.33. The quantitative estimate of drug-likeness (QED) is 0.587. The Labute approximate surface area is 147 Å². The molecule has 1 aliphatic carbocycles. The van der Waals surface area contributed by atoms with E-state index in [9.17, 15) is 4.79 Å². The minimum Gasteiger partial charge on any atom is -0.494 e. The third-order valence-electron chi connectivity index (χ3n) is 4.25. The van der Waals surface area contributed by atoms with E-state index in [0.717, 1.165) is 29.1 Å². The number of thioether (sulfide) groups is 1. The average Bonchev–Trinajstić information content (AvgIpc) is 2.84. The standard InChI is InChI=1S/C18H21NO2S2/c1-2-21-15-10-8-13(9-11-15)12-16-17(20)19(18(22)23-16)14-6-4-3-5-7-14/h8-12,14H,2-7H2,1H3/b16-12-. The molecule has 0 atom stereocenters. The van der Waals surface area contributed by atoms with Gasteiger partial charge < -0.3 is 4.74 Å². The molecular weight excluding hydrogens is 326 g/mol. The van der Waals surface area contributed by atoms with Gasteiger partial charge in [-0.05, 0) is 43.5 Å². The summed E-state index contributed by atoms with van der Waals surface area (Å²) in [4.78, 5) is 15.3. The molecule has 0 aromatic heterocycles. The zero-order valence-corrected chi connectivity index (χ0v) is 14.9. The molecular formula is C18H21NO2S2. The molecule has 1 heterocycles. The Morgan fingerprint density at radius 2 is 1.96 bits per heavy atom. The van der Waals surface area contributed by atoms with E-state index in [1.807, 2.05) is 42.2 Å². The minimum atomic E-state index is 0.0702. The molecule has 0 N–H and O–H groups in total. The van der Waals surface area contributed by atoms with Crippen molar-refractivity contribution in [1.29, 1.82) is 0 Å². The number of thiocarbonyl (C=S) groups is 1. The molecule has 1 saturated carbocycles. The van der Waals surface area contributed by atoms with Crippen LogP contribution in [0.5, 0.6) is 5.75 Å². The lowest BCUT2D eigenvalue weighted by Crippen LogP contribution is -2.39. The number of hydrogen-bond acceptors (Lipinski definition) is 4. The van der Waals surface area contributed by atoms with Gasteiger partial charge in [-0.1, -0.05) is 55.4 Å². The number of nitrogens with zero attached hydrogens (tertiary/aromatic N) is 1. The van der Waals surface area contributed by atoms with Gasteiger partial charge in [0.05, 0.1) is 11.5 Å². The molecule has 1 aromatic carbocycles. The predicted octanol–water partition coefficient (Wildman–Crippen LogP) is 4.62. The van der Waals surface area contributed by atoms with Crippen LogP contribution in [0.2, 0.25) is 0 Å². The molecule has 2 aliphatic rings. The van der Waals surface area contributed by atoms with Gasteiger partial charge in [-0.3, -0.25) is 9.69 Å². The highest BCUT2D eigenvalue weighted by Gasteiger charge is 2.37. The maximum atomic E-state index is 12.7. The van der Waals surface area contributed by atoms with E-state index in [2.05, 4.69) is 0 Å². The highest BCUT2D eigenvalue weighted by atomic mass is 32.2. The summed E-state index contributed by atoms with van der Waals surface area (Å²) in [6.07, 6.45) is 7.73. The van der Waals surface area contributed by atoms with Crippen LogP contribution in [0.1, 0.15) is 44.6 Å². The second-order valence-electron chi connectivity index (χ2n) is 5.85. The van der Waals surface area contributed by atoms with Crippen molar-refractivity contribution >= 4 is 40.3 Å². The summed E-state index contributed by atoms with van der Waals surface area (Å²) in [5.74, 6) is 0.917. The van der Waals surface area contributed by atoms with Crippen molar-refractivity contribution in [3.63, 3.8) is 0 Å². The first-order chi connectivity index (χ1) is 11.2. The summed E-state index contributed by atoms with van der Waals surface area (Å²) in [5.41, 5.74) is 0.998. The third-order valence-corrected chi connectivity index (χ3v) is 5.58. The number of amides is 1. The summed E-state index contributed by atoms with van der Waals surface area (Å²) < 4.78 is 6.15. The molecule has 0 bridgehead atoms. The maximum Gasteiger partial charge on any atom is 0.266 e. The molecule has 1 aromatic rings. The second-order valence-corrected chi connectivity index (χ2v) is 7.52. The molecule has 23 heavy (non-hydrogen) atoms. The zero-order chi connectivity index (χ0) is 16.2. The Morgan fingerprint density at radius 3 is 2.61 bits per heavy atom. The Balaban J connectivity index is 1.75. The van der Waals surface area contributed by atoms with E-state index in [1.165, 1.54) is 31.0 Å². The Bertz CT molecular complexity index is 618.